The van der Waals surface area contributed by atoms with Gasteiger partial charge in [0.2, 0.25) is 17.8 Å². The van der Waals surface area contributed by atoms with Crippen molar-refractivity contribution in [1.82, 2.24) is 15.0 Å². The number of hydrogen-bond acceptors (Lipinski definition) is 6. The molecular formula is C20H19ClN6O. The fourth-order valence-electron chi connectivity index (χ4n) is 3.20. The number of anilines is 4. The van der Waals surface area contributed by atoms with Gasteiger partial charge in [-0.05, 0) is 47.9 Å². The molecule has 0 bridgehead atoms. The van der Waals surface area contributed by atoms with Crippen molar-refractivity contribution in [3.63, 3.8) is 0 Å². The second kappa shape index (κ2) is 7.82. The summed E-state index contributed by atoms with van der Waals surface area (Å²) in [5.41, 5.74) is 3.98. The lowest BCUT2D eigenvalue weighted by Gasteiger charge is -2.29. The molecule has 2 N–H and O–H groups in total. The van der Waals surface area contributed by atoms with Crippen LogP contribution in [0.1, 0.15) is 18.1 Å². The van der Waals surface area contributed by atoms with Crippen molar-refractivity contribution in [2.24, 2.45) is 0 Å². The number of carbonyl (C=O) groups is 1. The summed E-state index contributed by atoms with van der Waals surface area (Å²) < 4.78 is 0. The molecule has 1 aromatic heterocycles. The minimum atomic E-state index is -0.120. The number of aromatic nitrogens is 3. The van der Waals surface area contributed by atoms with E-state index in [9.17, 15) is 4.79 Å². The highest BCUT2D eigenvalue weighted by atomic mass is 35.5. The van der Waals surface area contributed by atoms with E-state index in [0.717, 1.165) is 23.7 Å². The summed E-state index contributed by atoms with van der Waals surface area (Å²) in [5.74, 6) is 0.938. The first kappa shape index (κ1) is 18.2. The van der Waals surface area contributed by atoms with Crippen LogP contribution in [0, 0.1) is 0 Å². The summed E-state index contributed by atoms with van der Waals surface area (Å²) in [6, 6.07) is 13.4. The zero-order chi connectivity index (χ0) is 19.5. The van der Waals surface area contributed by atoms with Gasteiger partial charge in [-0.15, -0.1) is 0 Å². The van der Waals surface area contributed by atoms with Gasteiger partial charge in [-0.25, -0.2) is 9.97 Å². The normalized spacial score (nSPS) is 13.0. The second-order valence-electron chi connectivity index (χ2n) is 6.58. The fourth-order valence-corrected chi connectivity index (χ4v) is 3.40. The Hall–Kier alpha value is -3.19. The summed E-state index contributed by atoms with van der Waals surface area (Å²) in [7, 11) is 0. The van der Waals surface area contributed by atoms with E-state index < -0.39 is 0 Å². The first-order valence-corrected chi connectivity index (χ1v) is 9.30. The molecule has 1 aliphatic rings. The van der Waals surface area contributed by atoms with Crippen molar-refractivity contribution >= 4 is 40.8 Å². The van der Waals surface area contributed by atoms with Crippen LogP contribution in [-0.2, 0) is 17.8 Å². The highest BCUT2D eigenvalue weighted by Gasteiger charge is 2.19. The topological polar surface area (TPSA) is 83.0 Å². The molecule has 142 valence electrons. The summed E-state index contributed by atoms with van der Waals surface area (Å²) in [5, 5.41) is 6.65. The summed E-state index contributed by atoms with van der Waals surface area (Å²) in [4.78, 5) is 26.4. The summed E-state index contributed by atoms with van der Waals surface area (Å²) >= 11 is 6.13. The molecule has 8 heteroatoms. The maximum atomic E-state index is 11.2. The van der Waals surface area contributed by atoms with Gasteiger partial charge in [-0.3, -0.25) is 4.79 Å². The quantitative estimate of drug-likeness (QED) is 0.700. The number of amides is 1. The Bertz CT molecular complexity index is 1030. The van der Waals surface area contributed by atoms with Crippen LogP contribution in [0.3, 0.4) is 0 Å². The van der Waals surface area contributed by atoms with Gasteiger partial charge in [0.1, 0.15) is 6.33 Å². The maximum Gasteiger partial charge on any atom is 0.232 e. The molecule has 7 nitrogen and oxygen atoms in total. The second-order valence-corrected chi connectivity index (χ2v) is 7.02. The predicted molar refractivity (Wildman–Crippen MR) is 110 cm³/mol. The number of nitrogens with one attached hydrogen (secondary N) is 2. The average molecular weight is 395 g/mol. The summed E-state index contributed by atoms with van der Waals surface area (Å²) in [6.07, 6.45) is 2.41. The first-order valence-electron chi connectivity index (χ1n) is 8.93. The standard InChI is InChI=1S/C20H19ClN6O/c1-13(28)24-17-3-2-4-18(10-17)25-19-22-12-23-20(26-19)27-8-7-14-5-6-16(21)9-15(14)11-27/h2-6,9-10,12H,7-8,11H2,1H3,(H,24,28)(H,22,23,25,26). The zero-order valence-electron chi connectivity index (χ0n) is 15.3. The molecule has 4 rings (SSSR count). The minimum Gasteiger partial charge on any atom is -0.336 e. The molecule has 0 aliphatic carbocycles. The first-order chi connectivity index (χ1) is 13.6. The Morgan fingerprint density at radius 2 is 1.96 bits per heavy atom. The van der Waals surface area contributed by atoms with Crippen molar-refractivity contribution in [2.75, 3.05) is 22.1 Å². The van der Waals surface area contributed by atoms with E-state index in [1.165, 1.54) is 24.4 Å². The maximum absolute atomic E-state index is 11.2. The monoisotopic (exact) mass is 394 g/mol. The Labute approximate surface area is 167 Å². The van der Waals surface area contributed by atoms with Crippen LogP contribution in [0.5, 0.6) is 0 Å². The van der Waals surface area contributed by atoms with E-state index in [4.69, 9.17) is 11.6 Å². The van der Waals surface area contributed by atoms with Crippen LogP contribution < -0.4 is 15.5 Å². The molecular weight excluding hydrogens is 376 g/mol. The van der Waals surface area contributed by atoms with Crippen molar-refractivity contribution in [2.45, 2.75) is 19.9 Å². The van der Waals surface area contributed by atoms with Gasteiger partial charge in [-0.1, -0.05) is 23.7 Å². The number of nitrogens with zero attached hydrogens (tertiary/aromatic N) is 4. The number of halogens is 1. The van der Waals surface area contributed by atoms with E-state index in [2.05, 4.69) is 36.6 Å². The molecule has 0 atom stereocenters. The average Bonchev–Trinajstić information content (AvgIpc) is 2.67. The molecule has 3 aromatic rings. The lowest BCUT2D eigenvalue weighted by atomic mass is 10.0. The third-order valence-corrected chi connectivity index (χ3v) is 4.70. The number of benzene rings is 2. The molecule has 2 aromatic carbocycles. The van der Waals surface area contributed by atoms with Crippen LogP contribution >= 0.6 is 11.6 Å². The molecule has 0 saturated heterocycles. The third-order valence-electron chi connectivity index (χ3n) is 4.46. The number of hydrogen-bond donors (Lipinski definition) is 2. The number of rotatable bonds is 4. The number of fused-ring (bicyclic) bond motifs is 1. The van der Waals surface area contributed by atoms with Gasteiger partial charge >= 0.3 is 0 Å². The molecule has 0 saturated carbocycles. The van der Waals surface area contributed by atoms with Crippen molar-refractivity contribution in [3.8, 4) is 0 Å². The highest BCUT2D eigenvalue weighted by molar-refractivity contribution is 6.30. The predicted octanol–water partition coefficient (Wildman–Crippen LogP) is 3.79. The van der Waals surface area contributed by atoms with Crippen LogP contribution in [0.2, 0.25) is 5.02 Å². The van der Waals surface area contributed by atoms with E-state index >= 15 is 0 Å². The lowest BCUT2D eigenvalue weighted by Crippen LogP contribution is -2.32. The van der Waals surface area contributed by atoms with Crippen LogP contribution in [0.15, 0.2) is 48.8 Å². The van der Waals surface area contributed by atoms with E-state index in [1.807, 2.05) is 36.4 Å². The van der Waals surface area contributed by atoms with Gasteiger partial charge in [0.05, 0.1) is 0 Å². The van der Waals surface area contributed by atoms with E-state index in [0.29, 0.717) is 24.1 Å². The van der Waals surface area contributed by atoms with Crippen molar-refractivity contribution in [3.05, 3.63) is 64.9 Å². The number of carbonyl (C=O) groups excluding carboxylic acids is 1. The molecule has 0 radical (unpaired) electrons. The van der Waals surface area contributed by atoms with E-state index in [-0.39, 0.29) is 5.91 Å². The Kier molecular flexibility index (Phi) is 5.08. The van der Waals surface area contributed by atoms with Gasteiger partial charge in [0, 0.05) is 36.4 Å². The SMILES string of the molecule is CC(=O)Nc1cccc(Nc2ncnc(N3CCc4ccc(Cl)cc4C3)n2)c1. The molecule has 28 heavy (non-hydrogen) atoms. The van der Waals surface area contributed by atoms with Gasteiger partial charge in [0.25, 0.3) is 0 Å². The van der Waals surface area contributed by atoms with Crippen LogP contribution in [0.25, 0.3) is 0 Å². The van der Waals surface area contributed by atoms with Crippen molar-refractivity contribution in [1.29, 1.82) is 0 Å². The fraction of sp³-hybridized carbons (Fsp3) is 0.200. The largest absolute Gasteiger partial charge is 0.336 e. The Balaban J connectivity index is 1.52. The Morgan fingerprint density at radius 3 is 2.82 bits per heavy atom. The zero-order valence-corrected chi connectivity index (χ0v) is 16.1. The smallest absolute Gasteiger partial charge is 0.232 e. The third kappa shape index (κ3) is 4.20. The molecule has 1 amide bonds. The lowest BCUT2D eigenvalue weighted by molar-refractivity contribution is -0.114. The molecule has 2 heterocycles. The molecule has 0 unspecified atom stereocenters. The van der Waals surface area contributed by atoms with Gasteiger partial charge < -0.3 is 15.5 Å². The Morgan fingerprint density at radius 1 is 1.11 bits per heavy atom. The van der Waals surface area contributed by atoms with Gasteiger partial charge in [-0.2, -0.15) is 4.98 Å². The summed E-state index contributed by atoms with van der Waals surface area (Å²) in [6.45, 7) is 3.01. The van der Waals surface area contributed by atoms with Crippen molar-refractivity contribution < 1.29 is 4.79 Å². The minimum absolute atomic E-state index is 0.120. The molecule has 0 fully saturated rings. The molecule has 1 aliphatic heterocycles. The highest BCUT2D eigenvalue weighted by Crippen LogP contribution is 2.25. The van der Waals surface area contributed by atoms with Gasteiger partial charge in [0.15, 0.2) is 0 Å². The van der Waals surface area contributed by atoms with E-state index in [1.54, 1.807) is 0 Å². The molecule has 0 spiro atoms. The van der Waals surface area contributed by atoms with Crippen LogP contribution in [-0.4, -0.2) is 27.4 Å². The van der Waals surface area contributed by atoms with Crippen LogP contribution in [0.4, 0.5) is 23.3 Å².